The zero-order valence-electron chi connectivity index (χ0n) is 11.4. The van der Waals surface area contributed by atoms with E-state index in [1.54, 1.807) is 7.11 Å². The quantitative estimate of drug-likeness (QED) is 0.839. The van der Waals surface area contributed by atoms with Gasteiger partial charge in [-0.05, 0) is 30.9 Å². The third-order valence-electron chi connectivity index (χ3n) is 2.98. The van der Waals surface area contributed by atoms with E-state index in [-0.39, 0.29) is 0 Å². The Morgan fingerprint density at radius 2 is 2.06 bits per heavy atom. The number of hydrogen-bond donors (Lipinski definition) is 1. The Morgan fingerprint density at radius 3 is 2.53 bits per heavy atom. The number of thioether (sulfide) groups is 1. The van der Waals surface area contributed by atoms with Crippen LogP contribution in [0.5, 0.6) is 5.75 Å². The van der Waals surface area contributed by atoms with Crippen molar-refractivity contribution in [1.29, 1.82) is 0 Å². The van der Waals surface area contributed by atoms with Crippen LogP contribution in [-0.2, 0) is 0 Å². The van der Waals surface area contributed by atoms with Gasteiger partial charge in [-0.2, -0.15) is 11.8 Å². The summed E-state index contributed by atoms with van der Waals surface area (Å²) in [6.45, 7) is 4.40. The predicted octanol–water partition coefficient (Wildman–Crippen LogP) is 3.44. The molecule has 1 aromatic rings. The molecule has 0 amide bonds. The molecule has 0 radical (unpaired) electrons. The van der Waals surface area contributed by atoms with E-state index in [0.29, 0.717) is 12.0 Å². The van der Waals surface area contributed by atoms with Crippen molar-refractivity contribution in [2.75, 3.05) is 26.2 Å². The van der Waals surface area contributed by atoms with Crippen LogP contribution in [0.15, 0.2) is 18.2 Å². The molecule has 3 heteroatoms. The molecule has 0 aliphatic heterocycles. The van der Waals surface area contributed by atoms with Crippen LogP contribution in [0.2, 0.25) is 0 Å². The van der Waals surface area contributed by atoms with Crippen molar-refractivity contribution < 1.29 is 4.74 Å². The van der Waals surface area contributed by atoms with Gasteiger partial charge in [0.1, 0.15) is 5.75 Å². The summed E-state index contributed by atoms with van der Waals surface area (Å²) < 4.78 is 5.52. The van der Waals surface area contributed by atoms with Crippen molar-refractivity contribution in [1.82, 2.24) is 5.32 Å². The van der Waals surface area contributed by atoms with Gasteiger partial charge < -0.3 is 10.1 Å². The molecule has 0 bridgehead atoms. The Labute approximate surface area is 109 Å². The molecule has 0 aliphatic rings. The number of nitrogens with one attached hydrogen (secondary N) is 1. The smallest absolute Gasteiger partial charge is 0.123 e. The lowest BCUT2D eigenvalue weighted by Crippen LogP contribution is -2.19. The molecule has 96 valence electrons. The van der Waals surface area contributed by atoms with Crippen molar-refractivity contribution in [3.05, 3.63) is 29.3 Å². The first kappa shape index (κ1) is 14.4. The minimum atomic E-state index is 0.348. The van der Waals surface area contributed by atoms with Gasteiger partial charge in [0.2, 0.25) is 0 Å². The van der Waals surface area contributed by atoms with Crippen LogP contribution in [0.3, 0.4) is 0 Å². The van der Waals surface area contributed by atoms with Crippen LogP contribution in [-0.4, -0.2) is 26.2 Å². The van der Waals surface area contributed by atoms with Gasteiger partial charge in [-0.1, -0.05) is 26.0 Å². The molecule has 1 atom stereocenters. The number of methoxy groups -OCH3 is 1. The lowest BCUT2D eigenvalue weighted by Gasteiger charge is -2.20. The van der Waals surface area contributed by atoms with Crippen molar-refractivity contribution in [2.45, 2.75) is 25.8 Å². The maximum atomic E-state index is 5.52. The number of hydrogen-bond acceptors (Lipinski definition) is 3. The highest BCUT2D eigenvalue weighted by atomic mass is 32.2. The first-order valence-electron chi connectivity index (χ1n) is 5.98. The molecular formula is C14H23NOS. The average molecular weight is 253 g/mol. The first-order valence-corrected chi connectivity index (χ1v) is 7.37. The van der Waals surface area contributed by atoms with Crippen LogP contribution >= 0.6 is 11.8 Å². The van der Waals surface area contributed by atoms with E-state index in [0.717, 1.165) is 11.5 Å². The minimum Gasteiger partial charge on any atom is -0.496 e. The van der Waals surface area contributed by atoms with Gasteiger partial charge in [-0.25, -0.2) is 0 Å². The molecule has 2 nitrogen and oxygen atoms in total. The van der Waals surface area contributed by atoms with Crippen LogP contribution in [0.25, 0.3) is 0 Å². The van der Waals surface area contributed by atoms with Gasteiger partial charge in [-0.15, -0.1) is 0 Å². The highest BCUT2D eigenvalue weighted by Crippen LogP contribution is 2.30. The summed E-state index contributed by atoms with van der Waals surface area (Å²) in [5.41, 5.74) is 2.57. The first-order chi connectivity index (χ1) is 8.13. The number of ether oxygens (including phenoxy) is 1. The van der Waals surface area contributed by atoms with E-state index >= 15 is 0 Å². The van der Waals surface area contributed by atoms with Crippen LogP contribution in [0.1, 0.15) is 36.9 Å². The van der Waals surface area contributed by atoms with E-state index in [9.17, 15) is 0 Å². The zero-order chi connectivity index (χ0) is 12.8. The fourth-order valence-corrected chi connectivity index (χ4v) is 2.55. The van der Waals surface area contributed by atoms with Crippen LogP contribution in [0, 0.1) is 0 Å². The summed E-state index contributed by atoms with van der Waals surface area (Å²) >= 11 is 1.84. The van der Waals surface area contributed by atoms with Crippen molar-refractivity contribution in [2.24, 2.45) is 0 Å². The highest BCUT2D eigenvalue weighted by Gasteiger charge is 2.14. The van der Waals surface area contributed by atoms with Gasteiger partial charge in [0.05, 0.1) is 7.11 Å². The molecule has 0 fully saturated rings. The molecular weight excluding hydrogens is 230 g/mol. The van der Waals surface area contributed by atoms with Gasteiger partial charge in [0.25, 0.3) is 0 Å². The number of rotatable bonds is 6. The minimum absolute atomic E-state index is 0.348. The van der Waals surface area contributed by atoms with Crippen molar-refractivity contribution >= 4 is 11.8 Å². The molecule has 1 rings (SSSR count). The molecule has 0 aliphatic carbocycles. The zero-order valence-corrected chi connectivity index (χ0v) is 12.2. The maximum absolute atomic E-state index is 5.52. The largest absolute Gasteiger partial charge is 0.496 e. The molecule has 17 heavy (non-hydrogen) atoms. The Bertz CT molecular complexity index is 352. The van der Waals surface area contributed by atoms with E-state index in [1.165, 1.54) is 11.1 Å². The molecule has 0 heterocycles. The second-order valence-electron chi connectivity index (χ2n) is 4.45. The SMILES string of the molecule is CNC(CSC)c1ccc(C(C)C)cc1OC. The fraction of sp³-hybridized carbons (Fsp3) is 0.571. The van der Waals surface area contributed by atoms with E-state index in [2.05, 4.69) is 43.6 Å². The summed E-state index contributed by atoms with van der Waals surface area (Å²) in [7, 11) is 3.74. The maximum Gasteiger partial charge on any atom is 0.123 e. The summed E-state index contributed by atoms with van der Waals surface area (Å²) in [6, 6.07) is 6.89. The Morgan fingerprint density at radius 1 is 1.35 bits per heavy atom. The Kier molecular flexibility index (Phi) is 5.86. The standard InChI is InChI=1S/C14H23NOS/c1-10(2)11-6-7-12(14(8-11)16-4)13(15-3)9-17-5/h6-8,10,13,15H,9H2,1-5H3. The van der Waals surface area contributed by atoms with Crippen LogP contribution < -0.4 is 10.1 Å². The van der Waals surface area contributed by atoms with E-state index < -0.39 is 0 Å². The molecule has 0 spiro atoms. The lowest BCUT2D eigenvalue weighted by molar-refractivity contribution is 0.403. The monoisotopic (exact) mass is 253 g/mol. The summed E-state index contributed by atoms with van der Waals surface area (Å²) in [5.74, 6) is 2.57. The highest BCUT2D eigenvalue weighted by molar-refractivity contribution is 7.98. The second kappa shape index (κ2) is 6.92. The van der Waals surface area contributed by atoms with E-state index in [1.807, 2.05) is 18.8 Å². The Hall–Kier alpha value is -0.670. The topological polar surface area (TPSA) is 21.3 Å². The normalized spacial score (nSPS) is 12.8. The fourth-order valence-electron chi connectivity index (χ4n) is 1.87. The molecule has 1 unspecified atom stereocenters. The summed E-state index contributed by atoms with van der Waals surface area (Å²) in [4.78, 5) is 0. The van der Waals surface area contributed by atoms with Gasteiger partial charge in [0.15, 0.2) is 0 Å². The predicted molar refractivity (Wildman–Crippen MR) is 77.3 cm³/mol. The van der Waals surface area contributed by atoms with Crippen molar-refractivity contribution in [3.63, 3.8) is 0 Å². The third kappa shape index (κ3) is 3.65. The number of benzene rings is 1. The van der Waals surface area contributed by atoms with E-state index in [4.69, 9.17) is 4.74 Å². The second-order valence-corrected chi connectivity index (χ2v) is 5.36. The van der Waals surface area contributed by atoms with Gasteiger partial charge >= 0.3 is 0 Å². The molecule has 0 saturated heterocycles. The summed E-state index contributed by atoms with van der Waals surface area (Å²) in [5, 5.41) is 3.34. The average Bonchev–Trinajstić information content (AvgIpc) is 2.35. The lowest BCUT2D eigenvalue weighted by atomic mass is 9.98. The summed E-state index contributed by atoms with van der Waals surface area (Å²) in [6.07, 6.45) is 2.12. The molecule has 0 aromatic heterocycles. The molecule has 0 saturated carbocycles. The third-order valence-corrected chi connectivity index (χ3v) is 3.65. The van der Waals surface area contributed by atoms with Crippen molar-refractivity contribution in [3.8, 4) is 5.75 Å². The van der Waals surface area contributed by atoms with Gasteiger partial charge in [0, 0.05) is 17.4 Å². The molecule has 1 N–H and O–H groups in total. The van der Waals surface area contributed by atoms with Gasteiger partial charge in [-0.3, -0.25) is 0 Å². The Balaban J connectivity index is 3.06. The van der Waals surface area contributed by atoms with Crippen LogP contribution in [0.4, 0.5) is 0 Å². The molecule has 1 aromatic carbocycles.